The zero-order valence-electron chi connectivity index (χ0n) is 18.0. The van der Waals surface area contributed by atoms with Gasteiger partial charge in [-0.25, -0.2) is 13.8 Å². The van der Waals surface area contributed by atoms with E-state index in [2.05, 4.69) is 9.97 Å². The number of halogens is 3. The molecule has 1 amide bonds. The average Bonchev–Trinajstić information content (AvgIpc) is 3.40. The van der Waals surface area contributed by atoms with Crippen LogP contribution in [0, 0.1) is 24.5 Å². The van der Waals surface area contributed by atoms with Gasteiger partial charge in [-0.3, -0.25) is 4.79 Å². The van der Waals surface area contributed by atoms with Crippen molar-refractivity contribution in [1.29, 1.82) is 0 Å². The number of carbonyl (C=O) groups excluding carboxylic acids is 1. The topological polar surface area (TPSA) is 49.0 Å². The first-order valence-corrected chi connectivity index (χ1v) is 12.1. The summed E-state index contributed by atoms with van der Waals surface area (Å²) in [5.41, 5.74) is 2.76. The number of hydrogen-bond donors (Lipinski definition) is 1. The maximum Gasteiger partial charge on any atom is 0.274 e. The number of hydrogen-bond acceptors (Lipinski definition) is 3. The molecular weight excluding hydrogens is 464 g/mol. The SMILES string of the molecule is Cc1nc(C(=O)N(CCc2c[nH]c3ccc(F)cc23)CC2CC2)c(-c2ccc(Cl)c(F)c2)s1. The fourth-order valence-electron chi connectivity index (χ4n) is 4.06. The van der Waals surface area contributed by atoms with Crippen LogP contribution in [0.5, 0.6) is 0 Å². The number of H-pyrrole nitrogens is 1. The van der Waals surface area contributed by atoms with E-state index in [0.717, 1.165) is 34.3 Å². The highest BCUT2D eigenvalue weighted by molar-refractivity contribution is 7.15. The van der Waals surface area contributed by atoms with E-state index in [1.807, 2.05) is 18.0 Å². The van der Waals surface area contributed by atoms with Gasteiger partial charge in [-0.2, -0.15) is 0 Å². The molecule has 170 valence electrons. The quantitative estimate of drug-likeness (QED) is 0.319. The summed E-state index contributed by atoms with van der Waals surface area (Å²) in [5, 5.41) is 1.61. The number of carbonyl (C=O) groups is 1. The molecule has 1 aliphatic carbocycles. The Morgan fingerprint density at radius 2 is 2.06 bits per heavy atom. The lowest BCUT2D eigenvalue weighted by atomic mass is 10.1. The van der Waals surface area contributed by atoms with E-state index >= 15 is 0 Å². The number of aromatic nitrogens is 2. The average molecular weight is 486 g/mol. The van der Waals surface area contributed by atoms with Gasteiger partial charge in [0.25, 0.3) is 5.91 Å². The highest BCUT2D eigenvalue weighted by Gasteiger charge is 2.30. The number of rotatable bonds is 7. The summed E-state index contributed by atoms with van der Waals surface area (Å²) < 4.78 is 27.9. The number of nitrogens with zero attached hydrogens (tertiary/aromatic N) is 2. The zero-order valence-corrected chi connectivity index (χ0v) is 19.6. The summed E-state index contributed by atoms with van der Waals surface area (Å²) in [4.78, 5) is 23.8. The van der Waals surface area contributed by atoms with Gasteiger partial charge in [-0.15, -0.1) is 11.3 Å². The van der Waals surface area contributed by atoms with Crippen molar-refractivity contribution in [2.24, 2.45) is 5.92 Å². The molecule has 0 unspecified atom stereocenters. The molecule has 1 saturated carbocycles. The first-order valence-electron chi connectivity index (χ1n) is 10.9. The minimum absolute atomic E-state index is 0.0402. The summed E-state index contributed by atoms with van der Waals surface area (Å²) >= 11 is 7.21. The van der Waals surface area contributed by atoms with E-state index in [-0.39, 0.29) is 16.7 Å². The van der Waals surface area contributed by atoms with Crippen molar-refractivity contribution in [3.8, 4) is 10.4 Å². The first kappa shape index (κ1) is 22.0. The lowest BCUT2D eigenvalue weighted by Gasteiger charge is -2.22. The predicted octanol–water partition coefficient (Wildman–Crippen LogP) is 6.63. The second kappa shape index (κ2) is 8.88. The molecule has 8 heteroatoms. The van der Waals surface area contributed by atoms with Crippen LogP contribution in [0.15, 0.2) is 42.6 Å². The van der Waals surface area contributed by atoms with E-state index in [4.69, 9.17) is 11.6 Å². The molecule has 0 radical (unpaired) electrons. The highest BCUT2D eigenvalue weighted by Crippen LogP contribution is 2.35. The fraction of sp³-hybridized carbons (Fsp3) is 0.280. The molecule has 4 nitrogen and oxygen atoms in total. The molecule has 1 N–H and O–H groups in total. The lowest BCUT2D eigenvalue weighted by molar-refractivity contribution is 0.0745. The first-order chi connectivity index (χ1) is 15.9. The molecule has 2 aromatic heterocycles. The molecular formula is C25H22ClF2N3OS. The van der Waals surface area contributed by atoms with Crippen LogP contribution in [-0.2, 0) is 6.42 Å². The summed E-state index contributed by atoms with van der Waals surface area (Å²) in [6.45, 7) is 2.98. The van der Waals surface area contributed by atoms with E-state index in [1.165, 1.54) is 35.6 Å². The predicted molar refractivity (Wildman–Crippen MR) is 128 cm³/mol. The number of amides is 1. The number of aromatic amines is 1. The summed E-state index contributed by atoms with van der Waals surface area (Å²) in [6, 6.07) is 9.21. The standard InChI is InChI=1S/C25H22ClF2N3OS/c1-14-30-23(24(33-14)16-4-6-20(26)21(28)10-16)25(32)31(13-15-2-3-15)9-8-17-12-29-22-7-5-18(27)11-19(17)22/h4-7,10-12,15,29H,2-3,8-9,13H2,1H3. The Balaban J connectivity index is 1.43. The molecule has 0 saturated heterocycles. The van der Waals surface area contributed by atoms with E-state index < -0.39 is 5.82 Å². The third-order valence-electron chi connectivity index (χ3n) is 5.96. The molecule has 33 heavy (non-hydrogen) atoms. The van der Waals surface area contributed by atoms with Crippen molar-refractivity contribution in [1.82, 2.24) is 14.9 Å². The monoisotopic (exact) mass is 485 g/mol. The largest absolute Gasteiger partial charge is 0.361 e. The molecule has 0 bridgehead atoms. The van der Waals surface area contributed by atoms with Gasteiger partial charge in [-0.1, -0.05) is 17.7 Å². The van der Waals surface area contributed by atoms with Crippen LogP contribution in [0.1, 0.15) is 33.9 Å². The fourth-order valence-corrected chi connectivity index (χ4v) is 5.08. The van der Waals surface area contributed by atoms with Crippen molar-refractivity contribution in [2.45, 2.75) is 26.2 Å². The van der Waals surface area contributed by atoms with E-state index in [9.17, 15) is 13.6 Å². The van der Waals surface area contributed by atoms with Gasteiger partial charge in [0.05, 0.1) is 14.9 Å². The Morgan fingerprint density at radius 3 is 2.82 bits per heavy atom. The Hall–Kier alpha value is -2.77. The van der Waals surface area contributed by atoms with Crippen LogP contribution in [0.25, 0.3) is 21.3 Å². The van der Waals surface area contributed by atoms with E-state index in [1.54, 1.807) is 12.1 Å². The Bertz CT molecular complexity index is 1340. The Morgan fingerprint density at radius 1 is 1.24 bits per heavy atom. The molecule has 1 fully saturated rings. The molecule has 4 aromatic rings. The summed E-state index contributed by atoms with van der Waals surface area (Å²) in [7, 11) is 0. The second-order valence-electron chi connectivity index (χ2n) is 8.49. The van der Waals surface area contributed by atoms with Crippen LogP contribution >= 0.6 is 22.9 Å². The maximum atomic E-state index is 14.1. The second-order valence-corrected chi connectivity index (χ2v) is 10.1. The highest BCUT2D eigenvalue weighted by atomic mass is 35.5. The number of nitrogens with one attached hydrogen (secondary N) is 1. The van der Waals surface area contributed by atoms with Crippen LogP contribution in [0.3, 0.4) is 0 Å². The molecule has 5 rings (SSSR count). The van der Waals surface area contributed by atoms with Gasteiger partial charge in [0.1, 0.15) is 17.3 Å². The minimum Gasteiger partial charge on any atom is -0.361 e. The minimum atomic E-state index is -0.528. The number of thiazole rings is 1. The molecule has 2 heterocycles. The van der Waals surface area contributed by atoms with Gasteiger partial charge in [-0.05, 0) is 73.6 Å². The maximum absolute atomic E-state index is 14.1. The molecule has 0 atom stereocenters. The third-order valence-corrected chi connectivity index (χ3v) is 7.29. The van der Waals surface area contributed by atoms with Crippen molar-refractivity contribution >= 4 is 39.7 Å². The van der Waals surface area contributed by atoms with Gasteiger partial charge in [0, 0.05) is 30.2 Å². The Kier molecular flexibility index (Phi) is 5.93. The van der Waals surface area contributed by atoms with Crippen molar-refractivity contribution in [3.63, 3.8) is 0 Å². The van der Waals surface area contributed by atoms with Crippen LogP contribution < -0.4 is 0 Å². The van der Waals surface area contributed by atoms with Crippen molar-refractivity contribution in [2.75, 3.05) is 13.1 Å². The Labute approximate surface area is 199 Å². The number of benzene rings is 2. The summed E-state index contributed by atoms with van der Waals surface area (Å²) in [5.74, 6) is -0.486. The van der Waals surface area contributed by atoms with Crippen molar-refractivity contribution in [3.05, 3.63) is 75.5 Å². The number of fused-ring (bicyclic) bond motifs is 1. The van der Waals surface area contributed by atoms with Gasteiger partial charge in [0.15, 0.2) is 0 Å². The molecule has 0 spiro atoms. The van der Waals surface area contributed by atoms with Crippen LogP contribution in [0.2, 0.25) is 5.02 Å². The number of aryl methyl sites for hydroxylation is 1. The molecule has 2 aromatic carbocycles. The van der Waals surface area contributed by atoms with Gasteiger partial charge in [0.2, 0.25) is 0 Å². The molecule has 1 aliphatic rings. The third kappa shape index (κ3) is 4.66. The van der Waals surface area contributed by atoms with Crippen LogP contribution in [-0.4, -0.2) is 33.9 Å². The zero-order chi connectivity index (χ0) is 23.1. The lowest BCUT2D eigenvalue weighted by Crippen LogP contribution is -2.35. The smallest absolute Gasteiger partial charge is 0.274 e. The van der Waals surface area contributed by atoms with Gasteiger partial charge < -0.3 is 9.88 Å². The molecule has 0 aliphatic heterocycles. The van der Waals surface area contributed by atoms with Crippen LogP contribution in [0.4, 0.5) is 8.78 Å². The summed E-state index contributed by atoms with van der Waals surface area (Å²) in [6.07, 6.45) is 4.68. The van der Waals surface area contributed by atoms with Gasteiger partial charge >= 0.3 is 0 Å². The van der Waals surface area contributed by atoms with Crippen molar-refractivity contribution < 1.29 is 13.6 Å². The normalized spacial score (nSPS) is 13.6. The van der Waals surface area contributed by atoms with E-state index in [0.29, 0.717) is 41.6 Å².